The van der Waals surface area contributed by atoms with Crippen molar-refractivity contribution < 1.29 is 10.2 Å². The Morgan fingerprint density at radius 3 is 2.40 bits per heavy atom. The van der Waals surface area contributed by atoms with E-state index in [2.05, 4.69) is 13.8 Å². The number of phenolic OH excluding ortho intramolecular Hbond substituents is 2. The third kappa shape index (κ3) is 1.47. The van der Waals surface area contributed by atoms with Crippen molar-refractivity contribution in [2.75, 3.05) is 6.54 Å². The van der Waals surface area contributed by atoms with Crippen LogP contribution < -0.4 is 5.73 Å². The zero-order valence-electron chi connectivity index (χ0n) is 9.07. The second kappa shape index (κ2) is 3.14. The van der Waals surface area contributed by atoms with Crippen LogP contribution in [0.4, 0.5) is 0 Å². The van der Waals surface area contributed by atoms with Crippen LogP contribution in [0, 0.1) is 11.3 Å². The summed E-state index contributed by atoms with van der Waals surface area (Å²) in [5, 5.41) is 18.6. The Labute approximate surface area is 89.5 Å². The maximum absolute atomic E-state index is 9.42. The molecule has 1 aliphatic carbocycles. The lowest BCUT2D eigenvalue weighted by atomic mass is 10.0. The molecule has 0 unspecified atom stereocenters. The fourth-order valence-corrected chi connectivity index (χ4v) is 2.58. The van der Waals surface area contributed by atoms with Crippen molar-refractivity contribution in [1.82, 2.24) is 0 Å². The summed E-state index contributed by atoms with van der Waals surface area (Å²) in [4.78, 5) is 0. The van der Waals surface area contributed by atoms with E-state index in [-0.39, 0.29) is 16.9 Å². The van der Waals surface area contributed by atoms with Crippen LogP contribution >= 0.6 is 0 Å². The highest BCUT2D eigenvalue weighted by atomic mass is 16.3. The molecule has 82 valence electrons. The molecule has 2 atom stereocenters. The lowest BCUT2D eigenvalue weighted by Gasteiger charge is -2.04. The van der Waals surface area contributed by atoms with Gasteiger partial charge in [-0.05, 0) is 41.5 Å². The van der Waals surface area contributed by atoms with Gasteiger partial charge in [-0.2, -0.15) is 0 Å². The monoisotopic (exact) mass is 207 g/mol. The van der Waals surface area contributed by atoms with Gasteiger partial charge in [-0.1, -0.05) is 19.9 Å². The van der Waals surface area contributed by atoms with Crippen molar-refractivity contribution in [2.24, 2.45) is 17.1 Å². The van der Waals surface area contributed by atoms with Crippen LogP contribution in [0.1, 0.15) is 25.3 Å². The van der Waals surface area contributed by atoms with Gasteiger partial charge in [0.15, 0.2) is 11.5 Å². The second-order valence-electron chi connectivity index (χ2n) is 4.89. The molecule has 0 aliphatic heterocycles. The molecule has 1 fully saturated rings. The predicted octanol–water partition coefficient (Wildman–Crippen LogP) is 1.80. The van der Waals surface area contributed by atoms with E-state index < -0.39 is 0 Å². The van der Waals surface area contributed by atoms with E-state index in [1.54, 1.807) is 6.07 Å². The molecule has 4 N–H and O–H groups in total. The van der Waals surface area contributed by atoms with Crippen molar-refractivity contribution in [3.63, 3.8) is 0 Å². The van der Waals surface area contributed by atoms with E-state index >= 15 is 0 Å². The lowest BCUT2D eigenvalue weighted by molar-refractivity contribution is 0.403. The first-order valence-corrected chi connectivity index (χ1v) is 5.20. The number of phenols is 2. The van der Waals surface area contributed by atoms with Gasteiger partial charge in [0.1, 0.15) is 0 Å². The third-order valence-corrected chi connectivity index (χ3v) is 3.66. The fraction of sp³-hybridized carbons (Fsp3) is 0.500. The summed E-state index contributed by atoms with van der Waals surface area (Å²) in [6, 6.07) is 5.03. The van der Waals surface area contributed by atoms with Crippen LogP contribution in [0.5, 0.6) is 11.5 Å². The van der Waals surface area contributed by atoms with Crippen LogP contribution in [0.3, 0.4) is 0 Å². The van der Waals surface area contributed by atoms with Crippen LogP contribution in [0.2, 0.25) is 0 Å². The molecular formula is C12H17NO2. The zero-order valence-corrected chi connectivity index (χ0v) is 9.07. The van der Waals surface area contributed by atoms with Crippen LogP contribution in [0.25, 0.3) is 0 Å². The summed E-state index contributed by atoms with van der Waals surface area (Å²) in [5.41, 5.74) is 6.96. The number of hydrogen-bond donors (Lipinski definition) is 3. The quantitative estimate of drug-likeness (QED) is 0.648. The Hall–Kier alpha value is -1.22. The van der Waals surface area contributed by atoms with Crippen LogP contribution in [-0.2, 0) is 0 Å². The van der Waals surface area contributed by atoms with Crippen molar-refractivity contribution >= 4 is 0 Å². The zero-order chi connectivity index (χ0) is 11.2. The van der Waals surface area contributed by atoms with Crippen LogP contribution in [0.15, 0.2) is 18.2 Å². The van der Waals surface area contributed by atoms with E-state index in [4.69, 9.17) is 5.73 Å². The summed E-state index contributed by atoms with van der Waals surface area (Å²) in [7, 11) is 0. The molecular weight excluding hydrogens is 190 g/mol. The smallest absolute Gasteiger partial charge is 0.157 e. The van der Waals surface area contributed by atoms with Gasteiger partial charge in [0.2, 0.25) is 0 Å². The molecule has 3 heteroatoms. The Balaban J connectivity index is 2.29. The first kappa shape index (κ1) is 10.3. The largest absolute Gasteiger partial charge is 0.504 e. The van der Waals surface area contributed by atoms with Gasteiger partial charge in [0, 0.05) is 0 Å². The van der Waals surface area contributed by atoms with Gasteiger partial charge in [0.25, 0.3) is 0 Å². The summed E-state index contributed by atoms with van der Waals surface area (Å²) < 4.78 is 0. The number of aromatic hydroxyl groups is 2. The summed E-state index contributed by atoms with van der Waals surface area (Å²) >= 11 is 0. The highest BCUT2D eigenvalue weighted by Gasteiger charge is 2.57. The molecule has 3 nitrogen and oxygen atoms in total. The molecule has 1 saturated carbocycles. The minimum Gasteiger partial charge on any atom is -0.504 e. The average molecular weight is 207 g/mol. The highest BCUT2D eigenvalue weighted by molar-refractivity contribution is 5.44. The molecule has 0 radical (unpaired) electrons. The topological polar surface area (TPSA) is 66.5 Å². The summed E-state index contributed by atoms with van der Waals surface area (Å²) in [5.74, 6) is 0.753. The Morgan fingerprint density at radius 1 is 1.27 bits per heavy atom. The van der Waals surface area contributed by atoms with Gasteiger partial charge in [-0.3, -0.25) is 0 Å². The molecule has 0 saturated heterocycles. The predicted molar refractivity (Wildman–Crippen MR) is 58.8 cm³/mol. The Kier molecular flexibility index (Phi) is 2.15. The summed E-state index contributed by atoms with van der Waals surface area (Å²) in [6.45, 7) is 5.03. The first-order chi connectivity index (χ1) is 6.98. The minimum atomic E-state index is -0.0681. The van der Waals surface area contributed by atoms with Gasteiger partial charge >= 0.3 is 0 Å². The normalized spacial score (nSPS) is 27.7. The number of nitrogens with two attached hydrogens (primary N) is 1. The van der Waals surface area contributed by atoms with Gasteiger partial charge in [-0.25, -0.2) is 0 Å². The van der Waals surface area contributed by atoms with Gasteiger partial charge in [0.05, 0.1) is 0 Å². The minimum absolute atomic E-state index is 0.0500. The Bertz CT molecular complexity index is 387. The molecule has 0 spiro atoms. The fourth-order valence-electron chi connectivity index (χ4n) is 2.58. The van der Waals surface area contributed by atoms with Gasteiger partial charge < -0.3 is 15.9 Å². The Morgan fingerprint density at radius 2 is 1.93 bits per heavy atom. The molecule has 0 amide bonds. The maximum Gasteiger partial charge on any atom is 0.157 e. The van der Waals surface area contributed by atoms with E-state index in [0.29, 0.717) is 18.4 Å². The molecule has 0 heterocycles. The second-order valence-corrected chi connectivity index (χ2v) is 4.89. The number of hydrogen-bond acceptors (Lipinski definition) is 3. The van der Waals surface area contributed by atoms with Crippen molar-refractivity contribution in [1.29, 1.82) is 0 Å². The van der Waals surface area contributed by atoms with Crippen molar-refractivity contribution in [3.05, 3.63) is 23.8 Å². The van der Waals surface area contributed by atoms with Crippen molar-refractivity contribution in [3.8, 4) is 11.5 Å². The third-order valence-electron chi connectivity index (χ3n) is 3.66. The molecule has 2 rings (SSSR count). The molecule has 0 bridgehead atoms. The SMILES string of the molecule is CC1(C)[C@H](CN)[C@H]1c1ccc(O)c(O)c1. The number of rotatable bonds is 2. The lowest BCUT2D eigenvalue weighted by Crippen LogP contribution is -2.05. The standard InChI is InChI=1S/C12H17NO2/c1-12(2)8(6-13)11(12)7-3-4-9(14)10(15)5-7/h3-5,8,11,14-15H,6,13H2,1-2H3/t8-,11-/m1/s1. The van der Waals surface area contributed by atoms with E-state index in [9.17, 15) is 10.2 Å². The summed E-state index contributed by atoms with van der Waals surface area (Å²) in [6.07, 6.45) is 0. The van der Waals surface area contributed by atoms with Crippen molar-refractivity contribution in [2.45, 2.75) is 19.8 Å². The molecule has 1 aliphatic rings. The molecule has 1 aromatic rings. The van der Waals surface area contributed by atoms with E-state index in [1.807, 2.05) is 6.07 Å². The highest BCUT2D eigenvalue weighted by Crippen LogP contribution is 2.64. The average Bonchev–Trinajstić information content (AvgIpc) is 2.73. The van der Waals surface area contributed by atoms with Crippen LogP contribution in [-0.4, -0.2) is 16.8 Å². The molecule has 1 aromatic carbocycles. The molecule has 15 heavy (non-hydrogen) atoms. The maximum atomic E-state index is 9.42. The first-order valence-electron chi connectivity index (χ1n) is 5.20. The molecule has 0 aromatic heterocycles. The van der Waals surface area contributed by atoms with E-state index in [1.165, 1.54) is 6.07 Å². The number of benzene rings is 1. The van der Waals surface area contributed by atoms with Gasteiger partial charge in [-0.15, -0.1) is 0 Å². The van der Waals surface area contributed by atoms with E-state index in [0.717, 1.165) is 5.56 Å².